The summed E-state index contributed by atoms with van der Waals surface area (Å²) in [5, 5.41) is 7.49. The van der Waals surface area contributed by atoms with Gasteiger partial charge in [0.15, 0.2) is 0 Å². The predicted molar refractivity (Wildman–Crippen MR) is 99.2 cm³/mol. The second-order valence-electron chi connectivity index (χ2n) is 7.61. The van der Waals surface area contributed by atoms with E-state index in [1.165, 1.54) is 31.4 Å². The van der Waals surface area contributed by atoms with Crippen LogP contribution in [0.25, 0.3) is 0 Å². The van der Waals surface area contributed by atoms with Crippen LogP contribution in [0.4, 0.5) is 0 Å². The molecule has 26 heavy (non-hydrogen) atoms. The highest BCUT2D eigenvalue weighted by molar-refractivity contribution is 5.76. The number of aromatic nitrogens is 3. The van der Waals surface area contributed by atoms with Gasteiger partial charge in [0.1, 0.15) is 0 Å². The molecule has 0 aromatic carbocycles. The van der Waals surface area contributed by atoms with Gasteiger partial charge in [-0.25, -0.2) is 0 Å². The van der Waals surface area contributed by atoms with Crippen LogP contribution in [-0.4, -0.2) is 38.7 Å². The van der Waals surface area contributed by atoms with Crippen LogP contribution in [0.1, 0.15) is 49.4 Å². The van der Waals surface area contributed by atoms with E-state index in [1.807, 2.05) is 18.3 Å². The smallest absolute Gasteiger partial charge is 0.222 e. The van der Waals surface area contributed by atoms with Crippen molar-refractivity contribution in [1.29, 1.82) is 0 Å². The van der Waals surface area contributed by atoms with Gasteiger partial charge >= 0.3 is 0 Å². The summed E-state index contributed by atoms with van der Waals surface area (Å²) in [7, 11) is 0. The number of rotatable bonds is 6. The van der Waals surface area contributed by atoms with Gasteiger partial charge in [0.25, 0.3) is 0 Å². The molecule has 1 saturated carbocycles. The maximum absolute atomic E-state index is 12.5. The summed E-state index contributed by atoms with van der Waals surface area (Å²) in [6.07, 6.45) is 11.3. The Hall–Kier alpha value is -2.21. The molecule has 1 fully saturated rings. The zero-order valence-electron chi connectivity index (χ0n) is 15.2. The fraction of sp³-hybridized carbons (Fsp3) is 0.550. The van der Waals surface area contributed by atoms with Gasteiger partial charge in [0.05, 0.1) is 18.2 Å². The Balaban J connectivity index is 1.36. The monoisotopic (exact) mass is 353 g/mol. The first-order valence-electron chi connectivity index (χ1n) is 9.68. The van der Waals surface area contributed by atoms with Crippen molar-refractivity contribution in [3.63, 3.8) is 0 Å². The van der Waals surface area contributed by atoms with Gasteiger partial charge in [-0.05, 0) is 36.5 Å². The van der Waals surface area contributed by atoms with Crippen LogP contribution in [-0.2, 0) is 17.9 Å². The maximum atomic E-state index is 12.5. The Bertz CT molecular complexity index is 723. The van der Waals surface area contributed by atoms with Gasteiger partial charge < -0.3 is 5.32 Å². The lowest BCUT2D eigenvalue weighted by Gasteiger charge is -2.35. The van der Waals surface area contributed by atoms with E-state index in [0.29, 0.717) is 13.0 Å². The van der Waals surface area contributed by atoms with E-state index in [4.69, 9.17) is 0 Å². The van der Waals surface area contributed by atoms with Crippen LogP contribution in [0.15, 0.2) is 36.8 Å². The lowest BCUT2D eigenvalue weighted by molar-refractivity contribution is -0.122. The molecule has 138 valence electrons. The van der Waals surface area contributed by atoms with E-state index in [0.717, 1.165) is 31.1 Å². The number of fused-ring (bicyclic) bond motifs is 1. The molecule has 6 heteroatoms. The summed E-state index contributed by atoms with van der Waals surface area (Å²) in [5.41, 5.74) is 2.24. The van der Waals surface area contributed by atoms with Crippen LogP contribution >= 0.6 is 0 Å². The molecule has 0 bridgehead atoms. The summed E-state index contributed by atoms with van der Waals surface area (Å²) >= 11 is 0. The zero-order chi connectivity index (χ0) is 17.8. The first-order chi connectivity index (χ1) is 12.8. The summed E-state index contributed by atoms with van der Waals surface area (Å²) in [6, 6.07) is 6.06. The molecule has 1 N–H and O–H groups in total. The van der Waals surface area contributed by atoms with Crippen molar-refractivity contribution in [1.82, 2.24) is 25.0 Å². The predicted octanol–water partition coefficient (Wildman–Crippen LogP) is 2.53. The number of hydrogen-bond acceptors (Lipinski definition) is 4. The topological polar surface area (TPSA) is 63.1 Å². The Morgan fingerprint density at radius 1 is 1.23 bits per heavy atom. The van der Waals surface area contributed by atoms with Crippen LogP contribution in [0, 0.1) is 5.92 Å². The minimum Gasteiger partial charge on any atom is -0.352 e. The molecule has 4 rings (SSSR count). The van der Waals surface area contributed by atoms with Crippen LogP contribution in [0.5, 0.6) is 0 Å². The minimum absolute atomic E-state index is 0.0722. The molecule has 0 saturated heterocycles. The number of pyridine rings is 1. The normalized spacial score (nSPS) is 20.8. The average Bonchev–Trinajstić information content (AvgIpc) is 3.33. The van der Waals surface area contributed by atoms with Crippen LogP contribution in [0.3, 0.4) is 0 Å². The highest BCUT2D eigenvalue weighted by Gasteiger charge is 2.29. The molecule has 1 unspecified atom stereocenters. The molecule has 2 aromatic rings. The van der Waals surface area contributed by atoms with Gasteiger partial charge in [-0.2, -0.15) is 5.10 Å². The SMILES string of the molecule is O=C(CC1CN(CC2CCCC2)Cc2ccnn21)NCc1cccnc1. The third-order valence-corrected chi connectivity index (χ3v) is 5.58. The highest BCUT2D eigenvalue weighted by Crippen LogP contribution is 2.29. The molecule has 1 aliphatic carbocycles. The third-order valence-electron chi connectivity index (χ3n) is 5.58. The highest BCUT2D eigenvalue weighted by atomic mass is 16.1. The molecule has 1 aliphatic heterocycles. The largest absolute Gasteiger partial charge is 0.352 e. The van der Waals surface area contributed by atoms with Crippen molar-refractivity contribution in [3.8, 4) is 0 Å². The van der Waals surface area contributed by atoms with E-state index in [-0.39, 0.29) is 11.9 Å². The molecule has 6 nitrogen and oxygen atoms in total. The Kier molecular flexibility index (Phi) is 5.29. The average molecular weight is 353 g/mol. The fourth-order valence-electron chi connectivity index (χ4n) is 4.30. The molecule has 2 aliphatic rings. The molecule has 2 aromatic heterocycles. The van der Waals surface area contributed by atoms with Crippen LogP contribution in [0.2, 0.25) is 0 Å². The van der Waals surface area contributed by atoms with Crippen molar-refractivity contribution in [2.75, 3.05) is 13.1 Å². The standard InChI is InChI=1S/C20H27N5O/c26-20(22-12-17-6-3-8-21-11-17)10-19-15-24(13-16-4-1-2-5-16)14-18-7-9-23-25(18)19/h3,6-9,11,16,19H,1-2,4-5,10,12-15H2,(H,22,26). The summed E-state index contributed by atoms with van der Waals surface area (Å²) in [6.45, 7) is 3.53. The summed E-state index contributed by atoms with van der Waals surface area (Å²) in [5.74, 6) is 0.896. The first-order valence-corrected chi connectivity index (χ1v) is 9.68. The lowest BCUT2D eigenvalue weighted by Crippen LogP contribution is -2.41. The number of nitrogens with one attached hydrogen (secondary N) is 1. The summed E-state index contributed by atoms with van der Waals surface area (Å²) in [4.78, 5) is 19.1. The quantitative estimate of drug-likeness (QED) is 0.867. The van der Waals surface area contributed by atoms with E-state index < -0.39 is 0 Å². The number of carbonyl (C=O) groups is 1. The van der Waals surface area contributed by atoms with Gasteiger partial charge in [-0.15, -0.1) is 0 Å². The molecule has 1 atom stereocenters. The third kappa shape index (κ3) is 4.12. The van der Waals surface area contributed by atoms with Crippen molar-refractivity contribution in [3.05, 3.63) is 48.0 Å². The maximum Gasteiger partial charge on any atom is 0.222 e. The van der Waals surface area contributed by atoms with Gasteiger partial charge in [-0.1, -0.05) is 18.9 Å². The minimum atomic E-state index is 0.0722. The van der Waals surface area contributed by atoms with Gasteiger partial charge in [0.2, 0.25) is 5.91 Å². The van der Waals surface area contributed by atoms with Crippen LogP contribution < -0.4 is 5.32 Å². The number of nitrogens with zero attached hydrogens (tertiary/aromatic N) is 4. The Labute approximate surface area is 154 Å². The van der Waals surface area contributed by atoms with E-state index in [2.05, 4.69) is 31.0 Å². The van der Waals surface area contributed by atoms with Crippen molar-refractivity contribution in [2.24, 2.45) is 5.92 Å². The number of amides is 1. The second-order valence-corrected chi connectivity index (χ2v) is 7.61. The van der Waals surface area contributed by atoms with E-state index in [1.54, 1.807) is 12.4 Å². The van der Waals surface area contributed by atoms with Gasteiger partial charge in [0, 0.05) is 44.8 Å². The summed E-state index contributed by atoms with van der Waals surface area (Å²) < 4.78 is 2.05. The van der Waals surface area contributed by atoms with Crippen molar-refractivity contribution in [2.45, 2.75) is 51.2 Å². The molecule has 0 radical (unpaired) electrons. The van der Waals surface area contributed by atoms with Crippen molar-refractivity contribution < 1.29 is 4.79 Å². The fourth-order valence-corrected chi connectivity index (χ4v) is 4.30. The molecule has 3 heterocycles. The first kappa shape index (κ1) is 17.2. The second kappa shape index (κ2) is 7.99. The number of hydrogen-bond donors (Lipinski definition) is 1. The van der Waals surface area contributed by atoms with E-state index in [9.17, 15) is 4.79 Å². The molecule has 0 spiro atoms. The molecule has 1 amide bonds. The zero-order valence-corrected chi connectivity index (χ0v) is 15.2. The van der Waals surface area contributed by atoms with E-state index >= 15 is 0 Å². The van der Waals surface area contributed by atoms with Gasteiger partial charge in [-0.3, -0.25) is 19.4 Å². The molecular formula is C20H27N5O. The Morgan fingerprint density at radius 3 is 2.92 bits per heavy atom. The Morgan fingerprint density at radius 2 is 2.12 bits per heavy atom. The van der Waals surface area contributed by atoms with Crippen molar-refractivity contribution >= 4 is 5.91 Å². The number of carbonyl (C=O) groups excluding carboxylic acids is 1. The molecular weight excluding hydrogens is 326 g/mol. The lowest BCUT2D eigenvalue weighted by atomic mass is 10.0.